The summed E-state index contributed by atoms with van der Waals surface area (Å²) >= 11 is 1.69. The molecule has 3 rings (SSSR count). The molecule has 22 heavy (non-hydrogen) atoms. The summed E-state index contributed by atoms with van der Waals surface area (Å²) in [6.07, 6.45) is 1.86. The fourth-order valence-corrected chi connectivity index (χ4v) is 3.39. The zero-order valence-corrected chi connectivity index (χ0v) is 13.4. The summed E-state index contributed by atoms with van der Waals surface area (Å²) in [5, 5.41) is 9.28. The van der Waals surface area contributed by atoms with Gasteiger partial charge in [0.25, 0.3) is 0 Å². The average Bonchev–Trinajstić information content (AvgIpc) is 3.17. The van der Waals surface area contributed by atoms with E-state index in [0.717, 1.165) is 30.9 Å². The van der Waals surface area contributed by atoms with E-state index in [1.807, 2.05) is 17.2 Å². The number of amides is 1. The van der Waals surface area contributed by atoms with Crippen LogP contribution in [-0.2, 0) is 16.1 Å². The number of carbonyl (C=O) groups excluding carboxylic acids is 1. The molecule has 0 saturated carbocycles. The highest BCUT2D eigenvalue weighted by atomic mass is 32.1. The number of carbonyl (C=O) groups is 1. The predicted molar refractivity (Wildman–Crippen MR) is 85.6 cm³/mol. The number of hydrogen-bond donors (Lipinski definition) is 1. The Labute approximate surface area is 133 Å². The molecule has 1 amide bonds. The van der Waals surface area contributed by atoms with Crippen LogP contribution in [0.1, 0.15) is 5.56 Å². The molecule has 2 aromatic rings. The fraction of sp³-hybridized carbons (Fsp3) is 0.467. The standard InChI is InChI=1S/C15H20N4O2S/c1-21-7-6-19-5-4-18(11-14(19)20)10-12-9-16-17-15(12)13-3-2-8-22-13/h2-3,8-9H,4-7,10-11H2,1H3,(H,16,17). The lowest BCUT2D eigenvalue weighted by atomic mass is 10.2. The number of methoxy groups -OCH3 is 1. The van der Waals surface area contributed by atoms with Gasteiger partial charge in [-0.3, -0.25) is 14.8 Å². The molecule has 118 valence electrons. The summed E-state index contributed by atoms with van der Waals surface area (Å²) in [7, 11) is 1.66. The van der Waals surface area contributed by atoms with Crippen molar-refractivity contribution in [2.24, 2.45) is 0 Å². The molecular formula is C15H20N4O2S. The highest BCUT2D eigenvalue weighted by Crippen LogP contribution is 2.26. The molecule has 0 radical (unpaired) electrons. The highest BCUT2D eigenvalue weighted by molar-refractivity contribution is 7.13. The lowest BCUT2D eigenvalue weighted by Gasteiger charge is -2.34. The summed E-state index contributed by atoms with van der Waals surface area (Å²) < 4.78 is 5.04. The second kappa shape index (κ2) is 7.04. The number of piperazine rings is 1. The first-order valence-corrected chi connectivity index (χ1v) is 8.21. The monoisotopic (exact) mass is 320 g/mol. The molecule has 7 heteroatoms. The van der Waals surface area contributed by atoms with Crippen LogP contribution in [0.5, 0.6) is 0 Å². The Morgan fingerprint density at radius 1 is 1.45 bits per heavy atom. The molecule has 6 nitrogen and oxygen atoms in total. The Hall–Kier alpha value is -1.70. The van der Waals surface area contributed by atoms with Crippen LogP contribution in [0.15, 0.2) is 23.7 Å². The molecule has 0 aromatic carbocycles. The lowest BCUT2D eigenvalue weighted by molar-refractivity contribution is -0.136. The van der Waals surface area contributed by atoms with Gasteiger partial charge in [0.2, 0.25) is 5.91 Å². The lowest BCUT2D eigenvalue weighted by Crippen LogP contribution is -2.50. The minimum atomic E-state index is 0.171. The molecule has 1 N–H and O–H groups in total. The Bertz CT molecular complexity index is 611. The number of H-pyrrole nitrogens is 1. The number of nitrogens with zero attached hydrogens (tertiary/aromatic N) is 3. The van der Waals surface area contributed by atoms with Crippen molar-refractivity contribution in [1.82, 2.24) is 20.0 Å². The zero-order chi connectivity index (χ0) is 15.4. The minimum absolute atomic E-state index is 0.171. The van der Waals surface area contributed by atoms with E-state index in [0.29, 0.717) is 19.7 Å². The SMILES string of the molecule is COCCN1CCN(Cc2cn[nH]c2-c2cccs2)CC1=O. The van der Waals surface area contributed by atoms with Gasteiger partial charge in [0, 0.05) is 38.9 Å². The van der Waals surface area contributed by atoms with Gasteiger partial charge in [0.05, 0.1) is 29.9 Å². The van der Waals surface area contributed by atoms with Gasteiger partial charge in [0.15, 0.2) is 0 Å². The molecule has 1 aliphatic rings. The van der Waals surface area contributed by atoms with Crippen molar-refractivity contribution >= 4 is 17.2 Å². The van der Waals surface area contributed by atoms with Gasteiger partial charge in [-0.1, -0.05) is 6.07 Å². The number of rotatable bonds is 6. The smallest absolute Gasteiger partial charge is 0.236 e. The number of thiophene rings is 1. The third kappa shape index (κ3) is 3.37. The molecule has 0 bridgehead atoms. The second-order valence-corrected chi connectivity index (χ2v) is 6.28. The molecule has 0 aliphatic carbocycles. The van der Waals surface area contributed by atoms with Crippen molar-refractivity contribution in [3.05, 3.63) is 29.3 Å². The maximum absolute atomic E-state index is 12.2. The van der Waals surface area contributed by atoms with E-state index in [1.165, 1.54) is 4.88 Å². The van der Waals surface area contributed by atoms with Crippen LogP contribution < -0.4 is 0 Å². The molecule has 0 atom stereocenters. The first-order chi connectivity index (χ1) is 10.8. The van der Waals surface area contributed by atoms with Crippen molar-refractivity contribution in [2.75, 3.05) is 39.9 Å². The number of aromatic amines is 1. The number of hydrogen-bond acceptors (Lipinski definition) is 5. The van der Waals surface area contributed by atoms with Crippen LogP contribution in [0.4, 0.5) is 0 Å². The Morgan fingerprint density at radius 2 is 2.36 bits per heavy atom. The third-order valence-corrected chi connectivity index (χ3v) is 4.73. The van der Waals surface area contributed by atoms with Gasteiger partial charge >= 0.3 is 0 Å². The highest BCUT2D eigenvalue weighted by Gasteiger charge is 2.24. The molecule has 0 spiro atoms. The molecule has 3 heterocycles. The molecule has 1 aliphatic heterocycles. The second-order valence-electron chi connectivity index (χ2n) is 5.33. The molecule has 0 unspecified atom stereocenters. The summed E-state index contributed by atoms with van der Waals surface area (Å²) in [6, 6.07) is 4.11. The molecular weight excluding hydrogens is 300 g/mol. The number of ether oxygens (including phenoxy) is 1. The number of nitrogens with one attached hydrogen (secondary N) is 1. The Balaban J connectivity index is 1.61. The Kier molecular flexibility index (Phi) is 4.87. The summed E-state index contributed by atoms with van der Waals surface area (Å²) in [5.74, 6) is 0.171. The third-order valence-electron chi connectivity index (χ3n) is 3.84. The van der Waals surface area contributed by atoms with Gasteiger partial charge in [0.1, 0.15) is 0 Å². The molecule has 1 saturated heterocycles. The van der Waals surface area contributed by atoms with Crippen molar-refractivity contribution in [3.8, 4) is 10.6 Å². The minimum Gasteiger partial charge on any atom is -0.383 e. The van der Waals surface area contributed by atoms with Crippen molar-refractivity contribution in [1.29, 1.82) is 0 Å². The average molecular weight is 320 g/mol. The van der Waals surface area contributed by atoms with E-state index in [9.17, 15) is 4.79 Å². The first kappa shape index (κ1) is 15.2. The van der Waals surface area contributed by atoms with Gasteiger partial charge < -0.3 is 9.64 Å². The largest absolute Gasteiger partial charge is 0.383 e. The van der Waals surface area contributed by atoms with E-state index in [1.54, 1.807) is 18.4 Å². The van der Waals surface area contributed by atoms with E-state index in [4.69, 9.17) is 4.74 Å². The van der Waals surface area contributed by atoms with E-state index in [-0.39, 0.29) is 5.91 Å². The van der Waals surface area contributed by atoms with Crippen molar-refractivity contribution < 1.29 is 9.53 Å². The van der Waals surface area contributed by atoms with E-state index >= 15 is 0 Å². The van der Waals surface area contributed by atoms with Crippen LogP contribution in [-0.4, -0.2) is 65.8 Å². The summed E-state index contributed by atoms with van der Waals surface area (Å²) in [4.78, 5) is 17.4. The van der Waals surface area contributed by atoms with Crippen molar-refractivity contribution in [3.63, 3.8) is 0 Å². The van der Waals surface area contributed by atoms with Crippen LogP contribution >= 0.6 is 11.3 Å². The zero-order valence-electron chi connectivity index (χ0n) is 12.6. The maximum atomic E-state index is 12.2. The predicted octanol–water partition coefficient (Wildman–Crippen LogP) is 1.43. The topological polar surface area (TPSA) is 61.5 Å². The number of aromatic nitrogens is 2. The van der Waals surface area contributed by atoms with Crippen LogP contribution in [0, 0.1) is 0 Å². The quantitative estimate of drug-likeness (QED) is 0.875. The molecule has 2 aromatic heterocycles. The van der Waals surface area contributed by atoms with Crippen LogP contribution in [0.2, 0.25) is 0 Å². The van der Waals surface area contributed by atoms with E-state index in [2.05, 4.69) is 26.5 Å². The van der Waals surface area contributed by atoms with Gasteiger partial charge in [-0.25, -0.2) is 0 Å². The van der Waals surface area contributed by atoms with Crippen LogP contribution in [0.3, 0.4) is 0 Å². The molecule has 1 fully saturated rings. The normalized spacial score (nSPS) is 16.4. The summed E-state index contributed by atoms with van der Waals surface area (Å²) in [5.41, 5.74) is 2.20. The summed E-state index contributed by atoms with van der Waals surface area (Å²) in [6.45, 7) is 4.11. The Morgan fingerprint density at radius 3 is 3.09 bits per heavy atom. The van der Waals surface area contributed by atoms with E-state index < -0.39 is 0 Å². The first-order valence-electron chi connectivity index (χ1n) is 7.33. The van der Waals surface area contributed by atoms with Gasteiger partial charge in [-0.2, -0.15) is 5.10 Å². The fourth-order valence-electron chi connectivity index (χ4n) is 2.64. The van der Waals surface area contributed by atoms with Gasteiger partial charge in [-0.05, 0) is 11.4 Å². The maximum Gasteiger partial charge on any atom is 0.236 e. The van der Waals surface area contributed by atoms with Crippen molar-refractivity contribution in [2.45, 2.75) is 6.54 Å². The van der Waals surface area contributed by atoms with Gasteiger partial charge in [-0.15, -0.1) is 11.3 Å². The van der Waals surface area contributed by atoms with Crippen LogP contribution in [0.25, 0.3) is 10.6 Å².